The van der Waals surface area contributed by atoms with Gasteiger partial charge >= 0.3 is 0 Å². The number of hydrogen-bond donors (Lipinski definition) is 1. The van der Waals surface area contributed by atoms with Crippen molar-refractivity contribution in [3.05, 3.63) is 0 Å². The van der Waals surface area contributed by atoms with Crippen LogP contribution < -0.4 is 5.73 Å². The SMILES string of the molecule is CSC(N)=S.[Fe]. The second kappa shape index (κ2) is 5.76. The second-order valence-electron chi connectivity index (χ2n) is 0.523. The van der Waals surface area contributed by atoms with Crippen LogP contribution in [0.5, 0.6) is 0 Å². The molecule has 0 rings (SSSR count). The molecular weight excluding hydrogens is 158 g/mol. The molecule has 0 atom stereocenters. The first-order valence-corrected chi connectivity index (χ1v) is 2.74. The minimum Gasteiger partial charge on any atom is -0.385 e. The van der Waals surface area contributed by atoms with Gasteiger partial charge in [0.15, 0.2) is 0 Å². The molecule has 2 N–H and O–H groups in total. The second-order valence-corrected chi connectivity index (χ2v) is 2.07. The summed E-state index contributed by atoms with van der Waals surface area (Å²) in [5.41, 5.74) is 4.99. The van der Waals surface area contributed by atoms with Crippen molar-refractivity contribution >= 4 is 28.3 Å². The summed E-state index contributed by atoms with van der Waals surface area (Å²) in [6.45, 7) is 0. The van der Waals surface area contributed by atoms with Crippen molar-refractivity contribution in [1.29, 1.82) is 0 Å². The minimum absolute atomic E-state index is 0. The van der Waals surface area contributed by atoms with Crippen LogP contribution in [-0.4, -0.2) is 10.6 Å². The maximum absolute atomic E-state index is 4.99. The molecule has 0 aromatic carbocycles. The molecule has 0 spiro atoms. The van der Waals surface area contributed by atoms with Crippen LogP contribution in [0.25, 0.3) is 0 Å². The van der Waals surface area contributed by atoms with E-state index in [0.717, 1.165) is 0 Å². The van der Waals surface area contributed by atoms with Crippen LogP contribution in [0.1, 0.15) is 0 Å². The zero-order valence-electron chi connectivity index (χ0n) is 3.25. The summed E-state index contributed by atoms with van der Waals surface area (Å²) >= 11 is 5.83. The van der Waals surface area contributed by atoms with Gasteiger partial charge < -0.3 is 5.73 Å². The number of rotatable bonds is 0. The molecule has 1 nitrogen and oxygen atoms in total. The monoisotopic (exact) mass is 163 g/mol. The number of hydrogen-bond acceptors (Lipinski definition) is 2. The van der Waals surface area contributed by atoms with E-state index in [-0.39, 0.29) is 17.1 Å². The van der Waals surface area contributed by atoms with Crippen LogP contribution in [0.4, 0.5) is 0 Å². The van der Waals surface area contributed by atoms with E-state index in [1.54, 1.807) is 0 Å². The Hall–Kier alpha value is 0.759. The predicted octanol–water partition coefficient (Wildman–Crippen LogP) is 0.591. The zero-order valence-corrected chi connectivity index (χ0v) is 5.98. The molecule has 0 aliphatic carbocycles. The van der Waals surface area contributed by atoms with E-state index < -0.39 is 0 Å². The van der Waals surface area contributed by atoms with Gasteiger partial charge in [-0.15, -0.1) is 11.8 Å². The fourth-order valence-corrected chi connectivity index (χ4v) is 0. The number of thiocarbonyl (C=S) groups is 1. The molecule has 0 amide bonds. The molecule has 0 aromatic rings. The first-order chi connectivity index (χ1) is 2.27. The fourth-order valence-electron chi connectivity index (χ4n) is 0. The van der Waals surface area contributed by atoms with Crippen molar-refractivity contribution in [2.75, 3.05) is 6.26 Å². The quantitative estimate of drug-likeness (QED) is 0.418. The smallest absolute Gasteiger partial charge is 0.130 e. The van der Waals surface area contributed by atoms with Gasteiger partial charge in [-0.25, -0.2) is 0 Å². The Morgan fingerprint density at radius 2 is 2.00 bits per heavy atom. The van der Waals surface area contributed by atoms with Crippen LogP contribution in [0.15, 0.2) is 0 Å². The van der Waals surface area contributed by atoms with Crippen molar-refractivity contribution in [2.24, 2.45) is 5.73 Å². The Labute approximate surface area is 57.5 Å². The molecule has 0 aliphatic rings. The summed E-state index contributed by atoms with van der Waals surface area (Å²) in [6.07, 6.45) is 1.85. The average Bonchev–Trinajstić information content (AvgIpc) is 1.38. The van der Waals surface area contributed by atoms with E-state index in [1.165, 1.54) is 11.8 Å². The summed E-state index contributed by atoms with van der Waals surface area (Å²) < 4.78 is 0.505. The van der Waals surface area contributed by atoms with Gasteiger partial charge in [-0.2, -0.15) is 0 Å². The molecular formula is C2H5FeNS2. The van der Waals surface area contributed by atoms with Gasteiger partial charge in [0.05, 0.1) is 0 Å². The zero-order chi connectivity index (χ0) is 4.28. The van der Waals surface area contributed by atoms with Gasteiger partial charge in [0.2, 0.25) is 0 Å². The molecule has 0 fully saturated rings. The maximum atomic E-state index is 4.99. The summed E-state index contributed by atoms with van der Waals surface area (Å²) in [6, 6.07) is 0. The van der Waals surface area contributed by atoms with Gasteiger partial charge in [-0.1, -0.05) is 12.2 Å². The van der Waals surface area contributed by atoms with Gasteiger partial charge in [-0.3, -0.25) is 0 Å². The van der Waals surface area contributed by atoms with Crippen LogP contribution in [0.2, 0.25) is 0 Å². The van der Waals surface area contributed by atoms with Crippen LogP contribution >= 0.6 is 24.0 Å². The van der Waals surface area contributed by atoms with Crippen molar-refractivity contribution in [3.8, 4) is 0 Å². The van der Waals surface area contributed by atoms with Gasteiger partial charge in [0, 0.05) is 17.1 Å². The minimum atomic E-state index is 0. The summed E-state index contributed by atoms with van der Waals surface area (Å²) in [7, 11) is 0. The van der Waals surface area contributed by atoms with Gasteiger partial charge in [0.25, 0.3) is 0 Å². The van der Waals surface area contributed by atoms with E-state index in [2.05, 4.69) is 12.2 Å². The molecule has 0 saturated carbocycles. The summed E-state index contributed by atoms with van der Waals surface area (Å²) in [5.74, 6) is 0. The Bertz CT molecular complexity index is 46.8. The third-order valence-electron chi connectivity index (χ3n) is 0.201. The van der Waals surface area contributed by atoms with Crippen LogP contribution in [0.3, 0.4) is 0 Å². The molecule has 0 aliphatic heterocycles. The van der Waals surface area contributed by atoms with Crippen molar-refractivity contribution in [2.45, 2.75) is 0 Å². The molecule has 0 unspecified atom stereocenters. The number of nitrogens with two attached hydrogens (primary N) is 1. The van der Waals surface area contributed by atoms with Crippen molar-refractivity contribution in [1.82, 2.24) is 0 Å². The van der Waals surface area contributed by atoms with E-state index in [4.69, 9.17) is 5.73 Å². The first kappa shape index (κ1) is 9.90. The maximum Gasteiger partial charge on any atom is 0.130 e. The van der Waals surface area contributed by atoms with Crippen molar-refractivity contribution in [3.63, 3.8) is 0 Å². The first-order valence-electron chi connectivity index (χ1n) is 1.11. The Morgan fingerprint density at radius 1 is 1.83 bits per heavy atom. The van der Waals surface area contributed by atoms with Gasteiger partial charge in [0.1, 0.15) is 4.32 Å². The molecule has 4 heteroatoms. The Morgan fingerprint density at radius 3 is 2.00 bits per heavy atom. The molecule has 0 bridgehead atoms. The molecule has 0 heterocycles. The molecule has 0 radical (unpaired) electrons. The van der Waals surface area contributed by atoms with Gasteiger partial charge in [-0.05, 0) is 6.26 Å². The molecule has 0 saturated heterocycles. The summed E-state index contributed by atoms with van der Waals surface area (Å²) in [5, 5.41) is 0. The van der Waals surface area contributed by atoms with E-state index in [9.17, 15) is 0 Å². The average molecular weight is 163 g/mol. The Balaban J connectivity index is 0. The van der Waals surface area contributed by atoms with E-state index in [0.29, 0.717) is 4.32 Å². The van der Waals surface area contributed by atoms with E-state index in [1.807, 2.05) is 6.26 Å². The van der Waals surface area contributed by atoms with Crippen LogP contribution in [-0.2, 0) is 17.1 Å². The molecule has 6 heavy (non-hydrogen) atoms. The predicted molar refractivity (Wildman–Crippen MR) is 30.3 cm³/mol. The molecule has 0 aromatic heterocycles. The normalized spacial score (nSPS) is 6.17. The largest absolute Gasteiger partial charge is 0.385 e. The summed E-state index contributed by atoms with van der Waals surface area (Å²) in [4.78, 5) is 0. The van der Waals surface area contributed by atoms with E-state index >= 15 is 0 Å². The topological polar surface area (TPSA) is 26.0 Å². The van der Waals surface area contributed by atoms with Crippen molar-refractivity contribution < 1.29 is 17.1 Å². The molecule has 38 valence electrons. The third-order valence-corrected chi connectivity index (χ3v) is 1.10. The number of thioether (sulfide) groups is 1. The standard InChI is InChI=1S/C2H5NS2.Fe/c1-5-2(3)4;/h1H3,(H2,3,4);. The van der Waals surface area contributed by atoms with Crippen LogP contribution in [0, 0.1) is 0 Å². The Kier molecular flexibility index (Phi) is 9.50. The fraction of sp³-hybridized carbons (Fsp3) is 0.500. The third kappa shape index (κ3) is 8.83.